The molecule has 0 bridgehead atoms. The molecule has 0 aliphatic carbocycles. The van der Waals surface area contributed by atoms with Gasteiger partial charge in [0.15, 0.2) is 54.2 Å². The van der Waals surface area contributed by atoms with Gasteiger partial charge in [-0.05, 0) is 60.7 Å². The lowest BCUT2D eigenvalue weighted by Gasteiger charge is -2.13. The summed E-state index contributed by atoms with van der Waals surface area (Å²) in [5.41, 5.74) is 1.28. The molecule has 0 aliphatic heterocycles. The van der Waals surface area contributed by atoms with Gasteiger partial charge in [0.1, 0.15) is 48.8 Å². The lowest BCUT2D eigenvalue weighted by atomic mass is 10.1. The molecule has 0 atom stereocenters. The molecule has 35 nitrogen and oxygen atoms in total. The molecule has 0 amide bonds. The smallest absolute Gasteiger partial charge is 0.395 e. The van der Waals surface area contributed by atoms with Crippen molar-refractivity contribution in [3.63, 3.8) is 0 Å². The first-order valence-corrected chi connectivity index (χ1v) is 30.8. The molecule has 0 unspecified atom stereocenters. The third-order valence-electron chi connectivity index (χ3n) is 8.71. The van der Waals surface area contributed by atoms with Crippen molar-refractivity contribution >= 4 is 140 Å². The van der Waals surface area contributed by atoms with Gasteiger partial charge >= 0.3 is 10.4 Å². The molecule has 0 aromatic heterocycles. The van der Waals surface area contributed by atoms with Crippen molar-refractivity contribution in [2.45, 2.75) is 29.4 Å². The second kappa shape index (κ2) is 26.0. The summed E-state index contributed by atoms with van der Waals surface area (Å²) in [5.74, 6) is -2.79. The Balaban J connectivity index is 1.95. The zero-order valence-corrected chi connectivity index (χ0v) is 44.1. The molecule has 0 spiro atoms. The van der Waals surface area contributed by atoms with Crippen molar-refractivity contribution in [2.24, 2.45) is 30.7 Å². The first kappa shape index (κ1) is 62.6. The average Bonchev–Trinajstić information content (AvgIpc) is 3.30. The molecule has 414 valence electrons. The molecule has 44 heteroatoms. The minimum absolute atomic E-state index is 0.0376. The first-order valence-electron chi connectivity index (χ1n) is 18.8. The maximum Gasteiger partial charge on any atom is 0.397 e. The number of nitrogens with zero attached hydrogens (tertiary/aromatic N) is 6. The van der Waals surface area contributed by atoms with E-state index in [9.17, 15) is 72.6 Å². The van der Waals surface area contributed by atoms with Crippen molar-refractivity contribution in [1.82, 2.24) is 0 Å². The summed E-state index contributed by atoms with van der Waals surface area (Å²) in [6, 6.07) is 6.93. The molecule has 0 heterocycles. The Labute approximate surface area is 432 Å². The van der Waals surface area contributed by atoms with Gasteiger partial charge in [0.2, 0.25) is 0 Å². The van der Waals surface area contributed by atoms with Crippen LogP contribution in [-0.4, -0.2) is 132 Å². The van der Waals surface area contributed by atoms with Crippen molar-refractivity contribution < 1.29 is 119 Å². The van der Waals surface area contributed by atoms with E-state index >= 15 is 0 Å². The van der Waals surface area contributed by atoms with E-state index in [1.54, 1.807) is 0 Å². The number of nitrogen functional groups attached to an aromatic ring is 1. The average molecular weight is 1240 g/mol. The highest BCUT2D eigenvalue weighted by atomic mass is 32.3. The van der Waals surface area contributed by atoms with Crippen LogP contribution in [0.15, 0.2) is 121 Å². The van der Waals surface area contributed by atoms with Gasteiger partial charge in [-0.25, -0.2) is 40.0 Å². The van der Waals surface area contributed by atoms with Crippen LogP contribution in [0.1, 0.15) is 0 Å². The second-order valence-electron chi connectivity index (χ2n) is 13.5. The number of benzene rings is 4. The van der Waals surface area contributed by atoms with E-state index in [2.05, 4.69) is 58.9 Å². The number of hydrogen-bond donors (Lipinski definition) is 8. The number of nitrogens with one attached hydrogen (secondary N) is 1. The molecule has 9 N–H and O–H groups in total. The minimum Gasteiger partial charge on any atom is -0.395 e. The molecule has 0 radical (unpaired) electrons. The highest BCUT2D eigenvalue weighted by Gasteiger charge is 2.27. The highest BCUT2D eigenvalue weighted by molar-refractivity contribution is 7.92. The van der Waals surface area contributed by atoms with E-state index in [1.165, 1.54) is 7.05 Å². The number of rotatable bonds is 29. The number of sulfone groups is 3. The van der Waals surface area contributed by atoms with E-state index in [-0.39, 0.29) is 30.3 Å². The normalized spacial score (nSPS) is 13.4. The first-order chi connectivity index (χ1) is 34.8. The van der Waals surface area contributed by atoms with Crippen LogP contribution in [-0.2, 0) is 102 Å². The van der Waals surface area contributed by atoms with Crippen LogP contribution in [0.4, 0.5) is 45.5 Å². The standard InChI is InChI=1S/C31H34N8O27S9/c1-33-30-25(38-35-22-6-3-19(15-27(22)73(51,52)53)70(44,45)12-9-61-68-66-64-41)17-24(37-34-21-5-2-18(14-26(21)72(48,49)50)69(42,43)11-8-60-67-65-63-40)29(32)31(30)39-36-23-7-4-20(16-28(23)74(54,55)56)71(46,47)13-10-62-75(57,58)59/h2-7,14-17,33,40-41H,8-13,32H2,1H3,(H,48,49,50)(H,51,52,53)(H,54,55,56)(H,57,58,59). The van der Waals surface area contributed by atoms with Gasteiger partial charge < -0.3 is 11.1 Å². The zero-order chi connectivity index (χ0) is 56.2. The highest BCUT2D eigenvalue weighted by Crippen LogP contribution is 2.48. The van der Waals surface area contributed by atoms with Gasteiger partial charge in [-0.15, -0.1) is 39.4 Å². The summed E-state index contributed by atoms with van der Waals surface area (Å²) in [7, 11) is -33.4. The molecule has 0 fully saturated rings. The maximum absolute atomic E-state index is 13.0. The zero-order valence-electron chi connectivity index (χ0n) is 36.7. The fourth-order valence-corrected chi connectivity index (χ4v) is 12.0. The van der Waals surface area contributed by atoms with Crippen molar-refractivity contribution in [1.29, 1.82) is 0 Å². The van der Waals surface area contributed by atoms with Crippen LogP contribution in [0.25, 0.3) is 0 Å². The van der Waals surface area contributed by atoms with E-state index in [4.69, 9.17) is 29.2 Å². The third-order valence-corrected chi connectivity index (χ3v) is 17.6. The van der Waals surface area contributed by atoms with Gasteiger partial charge in [-0.2, -0.15) is 33.7 Å². The van der Waals surface area contributed by atoms with Crippen LogP contribution in [0, 0.1) is 0 Å². The Kier molecular flexibility index (Phi) is 21.7. The van der Waals surface area contributed by atoms with Crippen LogP contribution in [0.3, 0.4) is 0 Å². The van der Waals surface area contributed by atoms with Gasteiger partial charge in [0.25, 0.3) is 30.4 Å². The molecule has 0 saturated heterocycles. The number of nitrogens with two attached hydrogens (primary N) is 1. The summed E-state index contributed by atoms with van der Waals surface area (Å²) >= 11 is 0.0769. The Morgan fingerprint density at radius 1 is 0.493 bits per heavy atom. The summed E-state index contributed by atoms with van der Waals surface area (Å²) < 4.78 is 235. The van der Waals surface area contributed by atoms with Crippen molar-refractivity contribution in [3.8, 4) is 0 Å². The molecule has 0 saturated carbocycles. The third kappa shape index (κ3) is 18.1. The van der Waals surface area contributed by atoms with Gasteiger partial charge in [-0.3, -0.25) is 26.6 Å². The van der Waals surface area contributed by atoms with Crippen LogP contribution < -0.4 is 11.1 Å². The number of azo groups is 3. The molecule has 4 rings (SSSR count). The van der Waals surface area contributed by atoms with Crippen molar-refractivity contribution in [3.05, 3.63) is 60.7 Å². The number of hydrogen-bond acceptors (Lipinski definition) is 33. The maximum atomic E-state index is 13.0. The van der Waals surface area contributed by atoms with Crippen LogP contribution in [0.2, 0.25) is 0 Å². The Bertz CT molecular complexity index is 3680. The lowest BCUT2D eigenvalue weighted by Crippen LogP contribution is -2.16. The predicted octanol–water partition coefficient (Wildman–Crippen LogP) is 4.44. The van der Waals surface area contributed by atoms with E-state index in [1.807, 2.05) is 0 Å². The second-order valence-corrected chi connectivity index (χ2v) is 26.1. The summed E-state index contributed by atoms with van der Waals surface area (Å²) in [6.45, 7) is -2.35. The van der Waals surface area contributed by atoms with Crippen LogP contribution >= 0.6 is 24.6 Å². The summed E-state index contributed by atoms with van der Waals surface area (Å²) in [4.78, 5) is -5.77. The summed E-state index contributed by atoms with van der Waals surface area (Å²) in [5, 5.41) is 48.5. The topological polar surface area (TPSA) is 537 Å². The van der Waals surface area contributed by atoms with E-state index in [0.717, 1.165) is 36.4 Å². The van der Waals surface area contributed by atoms with Crippen molar-refractivity contribution in [2.75, 3.05) is 55.2 Å². The molecule has 4 aromatic rings. The lowest BCUT2D eigenvalue weighted by molar-refractivity contribution is -0.434. The molecular formula is C31H34N8O27S9. The fraction of sp³-hybridized carbons (Fsp3) is 0.226. The largest absolute Gasteiger partial charge is 0.397 e. The minimum atomic E-state index is -5.42. The predicted molar refractivity (Wildman–Crippen MR) is 252 cm³/mol. The fourth-order valence-electron chi connectivity index (χ4n) is 5.44. The molecule has 0 aliphatic rings. The van der Waals surface area contributed by atoms with E-state index in [0.29, 0.717) is 24.3 Å². The molecular weight excluding hydrogens is 1200 g/mol. The molecule has 75 heavy (non-hydrogen) atoms. The van der Waals surface area contributed by atoms with Gasteiger partial charge in [0.05, 0.1) is 63.1 Å². The molecule has 4 aromatic carbocycles. The van der Waals surface area contributed by atoms with Gasteiger partial charge in [-0.1, -0.05) is 10.1 Å². The number of anilines is 2. The van der Waals surface area contributed by atoms with Crippen LogP contribution in [0.5, 0.6) is 0 Å². The SMILES string of the molecule is CNc1c(N=Nc2ccc(S(=O)(=O)CCOSOOO)cc2S(=O)(=O)O)cc(N=Nc2ccc(S(=O)(=O)CCOSOOO)cc2S(=O)(=O)O)c(N)c1N=Nc1ccc(S(=O)(=O)CCOS(=O)(=O)O)cc1S(=O)(=O)O. The Morgan fingerprint density at radius 2 is 0.840 bits per heavy atom. The summed E-state index contributed by atoms with van der Waals surface area (Å²) in [6.07, 6.45) is 0. The van der Waals surface area contributed by atoms with E-state index < -0.39 is 177 Å². The Hall–Kier alpha value is -4.89. The monoisotopic (exact) mass is 1240 g/mol. The Morgan fingerprint density at radius 3 is 1.19 bits per heavy atom. The van der Waals surface area contributed by atoms with Gasteiger partial charge in [0, 0.05) is 7.05 Å². The quantitative estimate of drug-likeness (QED) is 0.00708.